The summed E-state index contributed by atoms with van der Waals surface area (Å²) < 4.78 is 5.12. The van der Waals surface area contributed by atoms with E-state index in [1.807, 2.05) is 24.3 Å². The summed E-state index contributed by atoms with van der Waals surface area (Å²) in [6.07, 6.45) is 2.41. The number of nitrogens with one attached hydrogen (secondary N) is 1. The van der Waals surface area contributed by atoms with Crippen LogP contribution in [0.5, 0.6) is 5.75 Å². The van der Waals surface area contributed by atoms with Crippen molar-refractivity contribution in [2.75, 3.05) is 13.7 Å². The molecule has 1 aliphatic carbocycles. The van der Waals surface area contributed by atoms with Crippen LogP contribution in [0.1, 0.15) is 18.4 Å². The molecule has 0 aromatic heterocycles. The molecule has 3 N–H and O–H groups in total. The smallest absolute Gasteiger partial charge is 0.272 e. The minimum absolute atomic E-state index is 0.222. The number of rotatable bonds is 6. The molecule has 1 fully saturated rings. The predicted octanol–water partition coefficient (Wildman–Crippen LogP) is -0.272. The molecule has 1 saturated carbocycles. The summed E-state index contributed by atoms with van der Waals surface area (Å²) in [7, 11) is 1.66. The van der Waals surface area contributed by atoms with E-state index in [4.69, 9.17) is 10.5 Å². The summed E-state index contributed by atoms with van der Waals surface area (Å²) in [5.74, 6) is 0.636. The molecular weight excluding hydrogens is 216 g/mol. The van der Waals surface area contributed by atoms with Crippen LogP contribution < -0.4 is 15.4 Å². The molecule has 1 aliphatic rings. The zero-order chi connectivity index (χ0) is 12.3. The van der Waals surface area contributed by atoms with Crippen molar-refractivity contribution in [1.82, 2.24) is 0 Å². The maximum Gasteiger partial charge on any atom is 0.272 e. The summed E-state index contributed by atoms with van der Waals surface area (Å²) in [4.78, 5) is 12.3. The van der Waals surface area contributed by atoms with Gasteiger partial charge in [0.1, 0.15) is 12.3 Å². The molecule has 4 heteroatoms. The first-order valence-corrected chi connectivity index (χ1v) is 5.95. The van der Waals surface area contributed by atoms with Crippen LogP contribution in [0.15, 0.2) is 24.3 Å². The highest BCUT2D eigenvalue weighted by Crippen LogP contribution is 2.16. The van der Waals surface area contributed by atoms with Crippen molar-refractivity contribution < 1.29 is 14.4 Å². The number of benzene rings is 1. The number of methoxy groups -OCH3 is 1. The fraction of sp³-hybridized carbons (Fsp3) is 0.462. The first kappa shape index (κ1) is 11.9. The minimum Gasteiger partial charge on any atom is -0.497 e. The van der Waals surface area contributed by atoms with Crippen molar-refractivity contribution >= 4 is 5.91 Å². The number of ether oxygens (including phenoxy) is 1. The Morgan fingerprint density at radius 2 is 2.06 bits per heavy atom. The van der Waals surface area contributed by atoms with Crippen LogP contribution in [0.3, 0.4) is 0 Å². The van der Waals surface area contributed by atoms with Gasteiger partial charge in [-0.25, -0.2) is 0 Å². The molecular formula is C13H19N2O2+. The first-order valence-electron chi connectivity index (χ1n) is 5.95. The third kappa shape index (κ3) is 3.46. The summed E-state index contributed by atoms with van der Waals surface area (Å²) in [6.45, 7) is 1.29. The normalized spacial score (nSPS) is 16.5. The molecule has 4 nitrogen and oxygen atoms in total. The second-order valence-electron chi connectivity index (χ2n) is 4.60. The Balaban J connectivity index is 1.98. The zero-order valence-corrected chi connectivity index (χ0v) is 10.1. The van der Waals surface area contributed by atoms with Gasteiger partial charge in [-0.1, -0.05) is 0 Å². The molecule has 17 heavy (non-hydrogen) atoms. The van der Waals surface area contributed by atoms with Crippen LogP contribution in [0.2, 0.25) is 0 Å². The number of primary amides is 1. The molecule has 1 aromatic rings. The average Bonchev–Trinajstić information content (AvgIpc) is 3.12. The molecule has 0 aliphatic heterocycles. The van der Waals surface area contributed by atoms with Gasteiger partial charge in [0.2, 0.25) is 0 Å². The van der Waals surface area contributed by atoms with Gasteiger partial charge in [-0.05, 0) is 24.3 Å². The van der Waals surface area contributed by atoms with Gasteiger partial charge in [0, 0.05) is 18.4 Å². The zero-order valence-electron chi connectivity index (χ0n) is 10.1. The van der Waals surface area contributed by atoms with Crippen molar-refractivity contribution in [2.45, 2.75) is 25.4 Å². The summed E-state index contributed by atoms with van der Waals surface area (Å²) >= 11 is 0. The van der Waals surface area contributed by atoms with Crippen LogP contribution in [0.4, 0.5) is 0 Å². The van der Waals surface area contributed by atoms with E-state index in [1.54, 1.807) is 7.11 Å². The quantitative estimate of drug-likeness (QED) is 0.713. The van der Waals surface area contributed by atoms with Crippen molar-refractivity contribution in [3.8, 4) is 5.75 Å². The second-order valence-corrected chi connectivity index (χ2v) is 4.60. The highest BCUT2D eigenvalue weighted by atomic mass is 16.5. The van der Waals surface area contributed by atoms with Crippen LogP contribution in [-0.2, 0) is 11.3 Å². The van der Waals surface area contributed by atoms with Gasteiger partial charge in [0.05, 0.1) is 13.2 Å². The molecule has 0 heterocycles. The second kappa shape index (κ2) is 5.19. The van der Waals surface area contributed by atoms with Crippen molar-refractivity contribution in [1.29, 1.82) is 0 Å². The Labute approximate surface area is 101 Å². The maximum atomic E-state index is 11.0. The first-order chi connectivity index (χ1) is 8.19. The van der Waals surface area contributed by atoms with Gasteiger partial charge in [0.15, 0.2) is 6.54 Å². The molecule has 0 saturated heterocycles. The lowest BCUT2D eigenvalue weighted by Crippen LogP contribution is -3.13. The van der Waals surface area contributed by atoms with Crippen LogP contribution in [0.25, 0.3) is 0 Å². The Kier molecular flexibility index (Phi) is 3.64. The number of hydrogen-bond acceptors (Lipinski definition) is 2. The van der Waals surface area contributed by atoms with Gasteiger partial charge in [-0.2, -0.15) is 0 Å². The molecule has 1 unspecified atom stereocenters. The van der Waals surface area contributed by atoms with Crippen LogP contribution in [0, 0.1) is 0 Å². The molecule has 0 radical (unpaired) electrons. The van der Waals surface area contributed by atoms with Crippen LogP contribution >= 0.6 is 0 Å². The molecule has 1 amide bonds. The Morgan fingerprint density at radius 3 is 2.53 bits per heavy atom. The Hall–Kier alpha value is -1.55. The number of carbonyl (C=O) groups excluding carboxylic acids is 1. The molecule has 2 rings (SSSR count). The number of nitrogens with two attached hydrogens (primary N) is 1. The van der Waals surface area contributed by atoms with E-state index < -0.39 is 0 Å². The van der Waals surface area contributed by atoms with E-state index in [0.29, 0.717) is 12.6 Å². The molecule has 92 valence electrons. The van der Waals surface area contributed by atoms with Crippen molar-refractivity contribution in [3.05, 3.63) is 29.8 Å². The Morgan fingerprint density at radius 1 is 1.41 bits per heavy atom. The lowest BCUT2D eigenvalue weighted by molar-refractivity contribution is -0.917. The van der Waals surface area contributed by atoms with E-state index in [1.165, 1.54) is 23.3 Å². The van der Waals surface area contributed by atoms with E-state index in [0.717, 1.165) is 12.3 Å². The molecule has 0 spiro atoms. The van der Waals surface area contributed by atoms with Gasteiger partial charge in [0.25, 0.3) is 5.91 Å². The number of amides is 1. The fourth-order valence-electron chi connectivity index (χ4n) is 2.07. The van der Waals surface area contributed by atoms with Crippen molar-refractivity contribution in [3.63, 3.8) is 0 Å². The standard InChI is InChI=1S/C13H18N2O2/c1-17-12-6-2-10(3-7-12)8-15(9-13(14)16)11-4-5-11/h2-3,6-7,11H,4-5,8-9H2,1H3,(H2,14,16)/p+1. The highest BCUT2D eigenvalue weighted by molar-refractivity contribution is 5.74. The van der Waals surface area contributed by atoms with Gasteiger partial charge in [-0.15, -0.1) is 0 Å². The number of hydrogen-bond donors (Lipinski definition) is 2. The third-order valence-corrected chi connectivity index (χ3v) is 3.15. The summed E-state index contributed by atoms with van der Waals surface area (Å²) in [5, 5.41) is 0. The molecule has 1 atom stereocenters. The van der Waals surface area contributed by atoms with Gasteiger partial charge >= 0.3 is 0 Å². The summed E-state index contributed by atoms with van der Waals surface area (Å²) in [6, 6.07) is 8.60. The van der Waals surface area contributed by atoms with Gasteiger partial charge < -0.3 is 15.4 Å². The number of carbonyl (C=O) groups is 1. The molecule has 1 aromatic carbocycles. The molecule has 0 bridgehead atoms. The van der Waals surface area contributed by atoms with E-state index in [9.17, 15) is 4.79 Å². The minimum atomic E-state index is -0.222. The lowest BCUT2D eigenvalue weighted by Gasteiger charge is -2.17. The van der Waals surface area contributed by atoms with E-state index in [2.05, 4.69) is 0 Å². The monoisotopic (exact) mass is 235 g/mol. The highest BCUT2D eigenvalue weighted by Gasteiger charge is 2.34. The number of quaternary nitrogens is 1. The van der Waals surface area contributed by atoms with Crippen LogP contribution in [-0.4, -0.2) is 25.6 Å². The predicted molar refractivity (Wildman–Crippen MR) is 64.7 cm³/mol. The average molecular weight is 235 g/mol. The third-order valence-electron chi connectivity index (χ3n) is 3.15. The van der Waals surface area contributed by atoms with E-state index in [-0.39, 0.29) is 5.91 Å². The largest absolute Gasteiger partial charge is 0.497 e. The topological polar surface area (TPSA) is 56.8 Å². The van der Waals surface area contributed by atoms with E-state index >= 15 is 0 Å². The summed E-state index contributed by atoms with van der Waals surface area (Å²) in [5.41, 5.74) is 6.50. The SMILES string of the molecule is COc1ccc(C[NH+](CC(N)=O)C2CC2)cc1. The van der Waals surface area contributed by atoms with Crippen molar-refractivity contribution in [2.24, 2.45) is 5.73 Å². The fourth-order valence-corrected chi connectivity index (χ4v) is 2.07. The lowest BCUT2D eigenvalue weighted by atomic mass is 10.2. The Bertz CT molecular complexity index is 385. The van der Waals surface area contributed by atoms with Gasteiger partial charge in [-0.3, -0.25) is 4.79 Å². The maximum absolute atomic E-state index is 11.0.